The fourth-order valence-electron chi connectivity index (χ4n) is 1.98. The summed E-state index contributed by atoms with van der Waals surface area (Å²) in [5.41, 5.74) is 0. The molecule has 11 heavy (non-hydrogen) atoms. The summed E-state index contributed by atoms with van der Waals surface area (Å²) in [6.45, 7) is 1.99. The Labute approximate surface area is 66.2 Å². The lowest BCUT2D eigenvalue weighted by Crippen LogP contribution is -2.20. The topological polar surface area (TPSA) is 26.3 Å². The van der Waals surface area contributed by atoms with Gasteiger partial charge in [0.2, 0.25) is 0 Å². The summed E-state index contributed by atoms with van der Waals surface area (Å²) in [5.74, 6) is 0.620. The van der Waals surface area contributed by atoms with Crippen molar-refractivity contribution < 1.29 is 9.53 Å². The number of esters is 1. The van der Waals surface area contributed by atoms with Gasteiger partial charge in [-0.1, -0.05) is 12.2 Å². The van der Waals surface area contributed by atoms with E-state index in [1.165, 1.54) is 0 Å². The standard InChI is InChI=1S/C9H12O2/c1-6-7-4-2-3-5-8(7)9(10)11-6/h2-3,6-8H,4-5H2,1H3/t6-,7-,8-/m1/s1. The second kappa shape index (κ2) is 2.36. The van der Waals surface area contributed by atoms with Crippen LogP contribution in [0.4, 0.5) is 0 Å². The molecule has 0 aromatic rings. The van der Waals surface area contributed by atoms with Crippen molar-refractivity contribution in [3.63, 3.8) is 0 Å². The van der Waals surface area contributed by atoms with Gasteiger partial charge in [0.25, 0.3) is 0 Å². The van der Waals surface area contributed by atoms with Crippen LogP contribution >= 0.6 is 0 Å². The van der Waals surface area contributed by atoms with Gasteiger partial charge in [-0.25, -0.2) is 0 Å². The number of hydrogen-bond acceptors (Lipinski definition) is 2. The van der Waals surface area contributed by atoms with E-state index in [2.05, 4.69) is 12.2 Å². The Bertz CT molecular complexity index is 208. The SMILES string of the molecule is C[C@H]1OC(=O)[C@@H]2CC=CC[C@H]12. The number of hydrogen-bond donors (Lipinski definition) is 0. The zero-order valence-electron chi connectivity index (χ0n) is 6.62. The number of fused-ring (bicyclic) bond motifs is 1. The van der Waals surface area contributed by atoms with Gasteiger partial charge in [0.15, 0.2) is 0 Å². The first kappa shape index (κ1) is 6.89. The van der Waals surface area contributed by atoms with Crippen LogP contribution in [0.1, 0.15) is 19.8 Å². The third kappa shape index (κ3) is 0.971. The molecular formula is C9H12O2. The van der Waals surface area contributed by atoms with Crippen LogP contribution in [0.5, 0.6) is 0 Å². The third-order valence-electron chi connectivity index (χ3n) is 2.69. The predicted molar refractivity (Wildman–Crippen MR) is 40.9 cm³/mol. The predicted octanol–water partition coefficient (Wildman–Crippen LogP) is 1.51. The number of carbonyl (C=O) groups is 1. The third-order valence-corrected chi connectivity index (χ3v) is 2.69. The van der Waals surface area contributed by atoms with E-state index in [1.54, 1.807) is 0 Å². The molecule has 0 N–H and O–H groups in total. The van der Waals surface area contributed by atoms with E-state index < -0.39 is 0 Å². The Hall–Kier alpha value is -0.790. The zero-order chi connectivity index (χ0) is 7.84. The van der Waals surface area contributed by atoms with E-state index in [9.17, 15) is 4.79 Å². The molecule has 3 atom stereocenters. The summed E-state index contributed by atoms with van der Waals surface area (Å²) < 4.78 is 5.13. The van der Waals surface area contributed by atoms with Crippen LogP contribution in [0, 0.1) is 11.8 Å². The minimum Gasteiger partial charge on any atom is -0.462 e. The van der Waals surface area contributed by atoms with Crippen molar-refractivity contribution in [1.82, 2.24) is 0 Å². The fourth-order valence-corrected chi connectivity index (χ4v) is 1.98. The molecule has 1 fully saturated rings. The molecule has 0 saturated carbocycles. The second-order valence-electron chi connectivity index (χ2n) is 3.36. The second-order valence-corrected chi connectivity index (χ2v) is 3.36. The van der Waals surface area contributed by atoms with Gasteiger partial charge in [-0.15, -0.1) is 0 Å². The van der Waals surface area contributed by atoms with E-state index >= 15 is 0 Å². The van der Waals surface area contributed by atoms with Crippen molar-refractivity contribution in [2.45, 2.75) is 25.9 Å². The summed E-state index contributed by atoms with van der Waals surface area (Å²) >= 11 is 0. The van der Waals surface area contributed by atoms with Gasteiger partial charge in [-0.05, 0) is 19.8 Å². The van der Waals surface area contributed by atoms with Gasteiger partial charge in [-0.3, -0.25) is 4.79 Å². The van der Waals surface area contributed by atoms with Crippen molar-refractivity contribution in [3.05, 3.63) is 12.2 Å². The van der Waals surface area contributed by atoms with Crippen molar-refractivity contribution in [3.8, 4) is 0 Å². The maximum absolute atomic E-state index is 11.2. The number of carbonyl (C=O) groups excluding carboxylic acids is 1. The van der Waals surface area contributed by atoms with E-state index in [0.717, 1.165) is 12.8 Å². The van der Waals surface area contributed by atoms with Crippen LogP contribution in [0.25, 0.3) is 0 Å². The van der Waals surface area contributed by atoms with Gasteiger partial charge >= 0.3 is 5.97 Å². The smallest absolute Gasteiger partial charge is 0.309 e. The Morgan fingerprint density at radius 2 is 2.18 bits per heavy atom. The Balaban J connectivity index is 2.21. The highest BCUT2D eigenvalue weighted by atomic mass is 16.6. The molecule has 2 rings (SSSR count). The fraction of sp³-hybridized carbons (Fsp3) is 0.667. The van der Waals surface area contributed by atoms with E-state index in [4.69, 9.17) is 4.74 Å². The van der Waals surface area contributed by atoms with Gasteiger partial charge in [0.05, 0.1) is 5.92 Å². The molecule has 0 aromatic carbocycles. The minimum atomic E-state index is 0.00634. The van der Waals surface area contributed by atoms with Crippen molar-refractivity contribution >= 4 is 5.97 Å². The highest BCUT2D eigenvalue weighted by Gasteiger charge is 2.41. The first-order valence-corrected chi connectivity index (χ1v) is 4.14. The lowest BCUT2D eigenvalue weighted by atomic mass is 9.82. The summed E-state index contributed by atoms with van der Waals surface area (Å²) in [4.78, 5) is 11.2. The van der Waals surface area contributed by atoms with Crippen LogP contribution in [-0.2, 0) is 9.53 Å². The molecule has 1 aliphatic carbocycles. The van der Waals surface area contributed by atoms with E-state index in [0.29, 0.717) is 5.92 Å². The average molecular weight is 152 g/mol. The molecular weight excluding hydrogens is 140 g/mol. The van der Waals surface area contributed by atoms with E-state index in [1.807, 2.05) is 6.92 Å². The molecule has 60 valence electrons. The number of ether oxygens (including phenoxy) is 1. The van der Waals surface area contributed by atoms with Gasteiger partial charge < -0.3 is 4.74 Å². The van der Waals surface area contributed by atoms with Gasteiger partial charge in [0.1, 0.15) is 6.10 Å². The van der Waals surface area contributed by atoms with Gasteiger partial charge in [-0.2, -0.15) is 0 Å². The highest BCUT2D eigenvalue weighted by Crippen LogP contribution is 2.36. The summed E-state index contributed by atoms with van der Waals surface area (Å²) in [7, 11) is 0. The molecule has 0 bridgehead atoms. The van der Waals surface area contributed by atoms with Crippen LogP contribution in [0.2, 0.25) is 0 Å². The minimum absolute atomic E-state index is 0.00634. The van der Waals surface area contributed by atoms with Crippen molar-refractivity contribution in [2.24, 2.45) is 11.8 Å². The largest absolute Gasteiger partial charge is 0.462 e. The quantitative estimate of drug-likeness (QED) is 0.388. The van der Waals surface area contributed by atoms with Gasteiger partial charge in [0, 0.05) is 5.92 Å². The van der Waals surface area contributed by atoms with E-state index in [-0.39, 0.29) is 18.0 Å². The molecule has 1 aliphatic heterocycles. The lowest BCUT2D eigenvalue weighted by Gasteiger charge is -2.18. The van der Waals surface area contributed by atoms with Crippen molar-refractivity contribution in [2.75, 3.05) is 0 Å². The molecule has 1 saturated heterocycles. The van der Waals surface area contributed by atoms with Crippen molar-refractivity contribution in [1.29, 1.82) is 0 Å². The Morgan fingerprint density at radius 3 is 2.91 bits per heavy atom. The Morgan fingerprint density at radius 1 is 1.45 bits per heavy atom. The number of rotatable bonds is 0. The normalized spacial score (nSPS) is 41.9. The van der Waals surface area contributed by atoms with Crippen LogP contribution in [0.15, 0.2) is 12.2 Å². The zero-order valence-corrected chi connectivity index (χ0v) is 6.62. The molecule has 0 unspecified atom stereocenters. The summed E-state index contributed by atoms with van der Waals surface area (Å²) in [6.07, 6.45) is 6.27. The average Bonchev–Trinajstić information content (AvgIpc) is 2.30. The van der Waals surface area contributed by atoms with Crippen LogP contribution < -0.4 is 0 Å². The lowest BCUT2D eigenvalue weighted by molar-refractivity contribution is -0.143. The first-order chi connectivity index (χ1) is 5.29. The maximum atomic E-state index is 11.2. The Kier molecular flexibility index (Phi) is 1.48. The maximum Gasteiger partial charge on any atom is 0.309 e. The number of allylic oxidation sites excluding steroid dienone is 2. The summed E-state index contributed by atoms with van der Waals surface area (Å²) in [6, 6.07) is 0. The van der Waals surface area contributed by atoms with Crippen LogP contribution in [-0.4, -0.2) is 12.1 Å². The molecule has 0 amide bonds. The molecule has 0 aromatic heterocycles. The van der Waals surface area contributed by atoms with Crippen LogP contribution in [0.3, 0.4) is 0 Å². The molecule has 2 nitrogen and oxygen atoms in total. The molecule has 2 heteroatoms. The highest BCUT2D eigenvalue weighted by molar-refractivity contribution is 5.75. The first-order valence-electron chi connectivity index (χ1n) is 4.14. The molecule has 2 aliphatic rings. The molecule has 0 spiro atoms. The number of cyclic esters (lactones) is 1. The molecule has 1 heterocycles. The monoisotopic (exact) mass is 152 g/mol. The summed E-state index contributed by atoms with van der Waals surface area (Å²) in [5, 5.41) is 0. The molecule has 0 radical (unpaired) electrons.